The molecule has 24 heavy (non-hydrogen) atoms. The normalized spacial score (nSPS) is 15.6. The molecule has 0 saturated carbocycles. The average Bonchev–Trinajstić information content (AvgIpc) is 3.18. The van der Waals surface area contributed by atoms with Crippen LogP contribution in [-0.4, -0.2) is 30.1 Å². The summed E-state index contributed by atoms with van der Waals surface area (Å²) in [7, 11) is 0. The van der Waals surface area contributed by atoms with Crippen molar-refractivity contribution in [3.63, 3.8) is 0 Å². The number of para-hydroxylation sites is 1. The first kappa shape index (κ1) is 14.8. The highest BCUT2D eigenvalue weighted by molar-refractivity contribution is 6.33. The molecule has 2 heterocycles. The van der Waals surface area contributed by atoms with Crippen LogP contribution in [0.15, 0.2) is 42.5 Å². The monoisotopic (exact) mass is 344 g/mol. The second-order valence-corrected chi connectivity index (χ2v) is 5.88. The second kappa shape index (κ2) is 6.05. The Bertz CT molecular complexity index is 838. The van der Waals surface area contributed by atoms with E-state index in [1.54, 1.807) is 11.0 Å². The fraction of sp³-hybridized carbons (Fsp3) is 0.176. The Morgan fingerprint density at radius 2 is 2.00 bits per heavy atom. The van der Waals surface area contributed by atoms with Gasteiger partial charge in [0.15, 0.2) is 18.0 Å². The molecule has 2 aliphatic rings. The van der Waals surface area contributed by atoms with Crippen molar-refractivity contribution >= 4 is 29.2 Å². The lowest BCUT2D eigenvalue weighted by molar-refractivity contribution is -0.438. The van der Waals surface area contributed by atoms with Crippen molar-refractivity contribution in [3.05, 3.63) is 53.1 Å². The van der Waals surface area contributed by atoms with Gasteiger partial charge in [0.1, 0.15) is 12.2 Å². The molecule has 6 nitrogen and oxygen atoms in total. The summed E-state index contributed by atoms with van der Waals surface area (Å²) in [5.41, 5.74) is 1.70. The van der Waals surface area contributed by atoms with Crippen molar-refractivity contribution in [1.82, 2.24) is 4.90 Å². The summed E-state index contributed by atoms with van der Waals surface area (Å²) in [6.45, 7) is 0.904. The molecular weight excluding hydrogens is 330 g/mol. The molecule has 0 radical (unpaired) electrons. The number of rotatable bonds is 3. The first-order valence-electron chi connectivity index (χ1n) is 7.52. The number of nitrogens with one attached hydrogen (secondary N) is 2. The van der Waals surface area contributed by atoms with Gasteiger partial charge in [-0.05, 0) is 29.8 Å². The Morgan fingerprint density at radius 3 is 2.88 bits per heavy atom. The number of amides is 1. The van der Waals surface area contributed by atoms with Crippen LogP contribution in [-0.2, 0) is 11.3 Å². The summed E-state index contributed by atoms with van der Waals surface area (Å²) in [4.78, 5) is 16.9. The van der Waals surface area contributed by atoms with Crippen molar-refractivity contribution < 1.29 is 19.3 Å². The zero-order valence-corrected chi connectivity index (χ0v) is 13.5. The highest BCUT2D eigenvalue weighted by Crippen LogP contribution is 2.32. The Hall–Kier alpha value is -2.73. The summed E-state index contributed by atoms with van der Waals surface area (Å²) < 4.78 is 10.7. The zero-order valence-electron chi connectivity index (χ0n) is 12.7. The summed E-state index contributed by atoms with van der Waals surface area (Å²) in [6.07, 6.45) is 0. The van der Waals surface area contributed by atoms with Crippen LogP contribution in [0.3, 0.4) is 0 Å². The molecule has 4 rings (SSSR count). The van der Waals surface area contributed by atoms with Crippen molar-refractivity contribution in [3.8, 4) is 11.5 Å². The summed E-state index contributed by atoms with van der Waals surface area (Å²) in [5.74, 6) is 2.03. The van der Waals surface area contributed by atoms with Gasteiger partial charge in [-0.2, -0.15) is 4.90 Å². The maximum absolute atomic E-state index is 12.2. The number of anilines is 1. The number of halogens is 1. The van der Waals surface area contributed by atoms with Crippen molar-refractivity contribution in [2.75, 3.05) is 18.7 Å². The van der Waals surface area contributed by atoms with Gasteiger partial charge in [-0.25, -0.2) is 5.32 Å². The molecule has 7 heteroatoms. The number of fused-ring (bicyclic) bond motifs is 1. The van der Waals surface area contributed by atoms with E-state index in [1.807, 2.05) is 36.4 Å². The number of guanidine groups is 1. The van der Waals surface area contributed by atoms with Gasteiger partial charge < -0.3 is 9.47 Å². The topological polar surface area (TPSA) is 64.8 Å². The van der Waals surface area contributed by atoms with Crippen LogP contribution in [0.25, 0.3) is 0 Å². The number of ether oxygens (including phenoxy) is 2. The molecule has 0 saturated heterocycles. The zero-order chi connectivity index (χ0) is 16.5. The smallest absolute Gasteiger partial charge is 0.358 e. The summed E-state index contributed by atoms with van der Waals surface area (Å²) in [6, 6.07) is 13.1. The molecular formula is C17H15ClN3O3+. The predicted octanol–water partition coefficient (Wildman–Crippen LogP) is 0.960. The molecule has 0 aliphatic carbocycles. The van der Waals surface area contributed by atoms with Gasteiger partial charge >= 0.3 is 11.9 Å². The quantitative estimate of drug-likeness (QED) is 0.870. The van der Waals surface area contributed by atoms with E-state index in [-0.39, 0.29) is 19.2 Å². The third-order valence-corrected chi connectivity index (χ3v) is 4.21. The van der Waals surface area contributed by atoms with Crippen molar-refractivity contribution in [1.29, 1.82) is 0 Å². The third kappa shape index (κ3) is 2.76. The van der Waals surface area contributed by atoms with Crippen molar-refractivity contribution in [2.24, 2.45) is 0 Å². The standard InChI is InChI=1S/C17H14ClN3O3/c18-12-3-1-2-4-13(12)20-17-19-8-16(22)21(17)9-11-5-6-14-15(7-11)24-10-23-14/h1-7H,8-10H2,(H,19,20)/p+1. The fourth-order valence-corrected chi connectivity index (χ4v) is 2.85. The molecule has 0 aromatic heterocycles. The van der Waals surface area contributed by atoms with E-state index in [4.69, 9.17) is 21.1 Å². The number of carbonyl (C=O) groups is 1. The number of benzene rings is 2. The van der Waals surface area contributed by atoms with E-state index in [0.717, 1.165) is 17.0 Å². The Morgan fingerprint density at radius 1 is 1.17 bits per heavy atom. The van der Waals surface area contributed by atoms with Gasteiger partial charge in [0.2, 0.25) is 6.79 Å². The van der Waals surface area contributed by atoms with Gasteiger partial charge in [-0.3, -0.25) is 9.79 Å². The number of hydrogen-bond donors (Lipinski definition) is 2. The average molecular weight is 345 g/mol. The van der Waals surface area contributed by atoms with Crippen LogP contribution in [0.5, 0.6) is 11.5 Å². The van der Waals surface area contributed by atoms with Gasteiger partial charge in [0, 0.05) is 0 Å². The van der Waals surface area contributed by atoms with Gasteiger partial charge in [0.05, 0.1) is 5.02 Å². The molecule has 2 N–H and O–H groups in total. The fourth-order valence-electron chi connectivity index (χ4n) is 2.67. The van der Waals surface area contributed by atoms with E-state index in [0.29, 0.717) is 23.3 Å². The van der Waals surface area contributed by atoms with Crippen molar-refractivity contribution in [2.45, 2.75) is 6.54 Å². The van der Waals surface area contributed by atoms with Crippen LogP contribution >= 0.6 is 11.6 Å². The molecule has 2 aliphatic heterocycles. The highest BCUT2D eigenvalue weighted by Gasteiger charge is 2.33. The summed E-state index contributed by atoms with van der Waals surface area (Å²) >= 11 is 6.17. The predicted molar refractivity (Wildman–Crippen MR) is 89.0 cm³/mol. The first-order chi connectivity index (χ1) is 11.7. The Balaban J connectivity index is 1.54. The first-order valence-corrected chi connectivity index (χ1v) is 7.90. The van der Waals surface area contributed by atoms with Gasteiger partial charge in [0.25, 0.3) is 0 Å². The highest BCUT2D eigenvalue weighted by atomic mass is 35.5. The molecule has 122 valence electrons. The summed E-state index contributed by atoms with van der Waals surface area (Å²) in [5, 5.41) is 3.78. The van der Waals surface area contributed by atoms with Crippen LogP contribution in [0, 0.1) is 0 Å². The van der Waals surface area contributed by atoms with E-state index >= 15 is 0 Å². The molecule has 0 bridgehead atoms. The lowest BCUT2D eigenvalue weighted by Crippen LogP contribution is -2.72. The molecule has 2 aromatic rings. The van der Waals surface area contributed by atoms with E-state index < -0.39 is 0 Å². The molecule has 2 aromatic carbocycles. The van der Waals surface area contributed by atoms with E-state index in [1.165, 1.54) is 0 Å². The van der Waals surface area contributed by atoms with Gasteiger partial charge in [-0.1, -0.05) is 29.8 Å². The largest absolute Gasteiger partial charge is 0.454 e. The minimum Gasteiger partial charge on any atom is -0.454 e. The lowest BCUT2D eigenvalue weighted by atomic mass is 10.2. The number of nitrogens with zero attached hydrogens (tertiary/aromatic N) is 1. The SMILES string of the molecule is O=C1C[NH+]=C(Nc2ccccc2Cl)N1Cc1ccc2c(c1)OCO2. The Kier molecular flexibility index (Phi) is 3.74. The van der Waals surface area contributed by atoms with E-state index in [2.05, 4.69) is 10.3 Å². The molecule has 1 amide bonds. The number of hydrogen-bond acceptors (Lipinski definition) is 4. The van der Waals surface area contributed by atoms with Gasteiger partial charge in [-0.15, -0.1) is 0 Å². The maximum atomic E-state index is 12.2. The molecule has 0 fully saturated rings. The molecule has 0 unspecified atom stereocenters. The van der Waals surface area contributed by atoms with Crippen LogP contribution in [0.4, 0.5) is 5.69 Å². The van der Waals surface area contributed by atoms with Crippen LogP contribution in [0.2, 0.25) is 5.02 Å². The van der Waals surface area contributed by atoms with Crippen LogP contribution < -0.4 is 19.8 Å². The minimum atomic E-state index is -0.0118. The second-order valence-electron chi connectivity index (χ2n) is 5.47. The maximum Gasteiger partial charge on any atom is 0.358 e. The number of carbonyl (C=O) groups excluding carboxylic acids is 1. The molecule has 0 spiro atoms. The minimum absolute atomic E-state index is 0.0118. The van der Waals surface area contributed by atoms with Crippen LogP contribution in [0.1, 0.15) is 5.56 Å². The van der Waals surface area contributed by atoms with E-state index in [9.17, 15) is 4.79 Å². The Labute approximate surface area is 143 Å². The lowest BCUT2D eigenvalue weighted by Gasteiger charge is -2.13. The molecule has 0 atom stereocenters. The third-order valence-electron chi connectivity index (χ3n) is 3.88.